The van der Waals surface area contributed by atoms with Gasteiger partial charge >= 0.3 is 0 Å². The Morgan fingerprint density at radius 3 is 2.04 bits per heavy atom. The summed E-state index contributed by atoms with van der Waals surface area (Å²) in [4.78, 5) is 0. The zero-order valence-electron chi connectivity index (χ0n) is 15.3. The maximum absolute atomic E-state index is 10.5. The van der Waals surface area contributed by atoms with Crippen LogP contribution in [0, 0.1) is 5.92 Å². The number of ether oxygens (including phenoxy) is 3. The van der Waals surface area contributed by atoms with Crippen molar-refractivity contribution >= 4 is 8.80 Å². The van der Waals surface area contributed by atoms with Crippen molar-refractivity contribution in [2.45, 2.75) is 44.5 Å². The summed E-state index contributed by atoms with van der Waals surface area (Å²) in [6.07, 6.45) is 1.93. The minimum Gasteiger partial charge on any atom is -0.394 e. The van der Waals surface area contributed by atoms with E-state index in [1.807, 2.05) is 6.08 Å². The highest BCUT2D eigenvalue weighted by molar-refractivity contribution is 6.64. The number of aliphatic hydroxyl groups excluding tert-OH is 2. The molecule has 0 aliphatic carbocycles. The molecule has 0 aromatic heterocycles. The predicted molar refractivity (Wildman–Crippen MR) is 96.6 cm³/mol. The fourth-order valence-corrected chi connectivity index (χ4v) is 5.89. The standard InChI is InChI=1S/C17H36O5Si/c1-6-13-23(17(4,5)15(2)3)16(19)14-22-12-11-21-10-9-20-8-7-18/h6,15-16,18-19,23H,1,7-14H2,2-5H3. The summed E-state index contributed by atoms with van der Waals surface area (Å²) in [5.74, 6) is 0.524. The van der Waals surface area contributed by atoms with Crippen molar-refractivity contribution in [2.24, 2.45) is 5.92 Å². The van der Waals surface area contributed by atoms with Gasteiger partial charge in [0.2, 0.25) is 0 Å². The van der Waals surface area contributed by atoms with Gasteiger partial charge in [0.15, 0.2) is 0 Å². The molecule has 0 rings (SSSR count). The van der Waals surface area contributed by atoms with Crippen molar-refractivity contribution in [3.63, 3.8) is 0 Å². The third-order valence-corrected chi connectivity index (χ3v) is 9.14. The molecule has 0 heterocycles. The number of allylic oxidation sites excluding steroid dienone is 1. The van der Waals surface area contributed by atoms with Crippen LogP contribution in [0.15, 0.2) is 12.7 Å². The molecule has 0 amide bonds. The summed E-state index contributed by atoms with van der Waals surface area (Å²) in [6, 6.07) is 0.911. The van der Waals surface area contributed by atoms with Gasteiger partial charge in [-0.2, -0.15) is 0 Å². The molecule has 0 spiro atoms. The molecule has 0 bridgehead atoms. The Morgan fingerprint density at radius 1 is 1.04 bits per heavy atom. The molecule has 5 nitrogen and oxygen atoms in total. The van der Waals surface area contributed by atoms with Crippen molar-refractivity contribution in [2.75, 3.05) is 46.2 Å². The van der Waals surface area contributed by atoms with E-state index >= 15 is 0 Å². The van der Waals surface area contributed by atoms with Gasteiger partial charge in [-0.3, -0.25) is 0 Å². The van der Waals surface area contributed by atoms with Crippen molar-refractivity contribution in [1.82, 2.24) is 0 Å². The van der Waals surface area contributed by atoms with Crippen molar-refractivity contribution in [3.8, 4) is 0 Å². The summed E-state index contributed by atoms with van der Waals surface area (Å²) >= 11 is 0. The zero-order valence-corrected chi connectivity index (χ0v) is 16.4. The molecule has 0 fully saturated rings. The average Bonchev–Trinajstić information content (AvgIpc) is 2.50. The zero-order chi connectivity index (χ0) is 17.7. The Bertz CT molecular complexity index is 297. The summed E-state index contributed by atoms with van der Waals surface area (Å²) in [5.41, 5.74) is -0.377. The largest absolute Gasteiger partial charge is 0.394 e. The van der Waals surface area contributed by atoms with E-state index in [1.54, 1.807) is 0 Å². The first-order valence-electron chi connectivity index (χ1n) is 8.50. The minimum absolute atomic E-state index is 0.0312. The van der Waals surface area contributed by atoms with Gasteiger partial charge in [-0.25, -0.2) is 0 Å². The molecule has 0 saturated carbocycles. The highest BCUT2D eigenvalue weighted by Crippen LogP contribution is 2.40. The first-order chi connectivity index (χ1) is 10.9. The lowest BCUT2D eigenvalue weighted by molar-refractivity contribution is -0.00277. The molecule has 2 unspecified atom stereocenters. The van der Waals surface area contributed by atoms with E-state index in [4.69, 9.17) is 19.3 Å². The van der Waals surface area contributed by atoms with Crippen LogP contribution in [-0.2, 0) is 14.2 Å². The van der Waals surface area contributed by atoms with E-state index < -0.39 is 8.80 Å². The topological polar surface area (TPSA) is 68.2 Å². The Morgan fingerprint density at radius 2 is 1.57 bits per heavy atom. The molecular weight excluding hydrogens is 312 g/mol. The van der Waals surface area contributed by atoms with Crippen LogP contribution in [0.2, 0.25) is 11.1 Å². The van der Waals surface area contributed by atoms with Gasteiger partial charge in [0, 0.05) is 0 Å². The second-order valence-corrected chi connectivity index (χ2v) is 10.6. The van der Waals surface area contributed by atoms with Crippen molar-refractivity contribution in [3.05, 3.63) is 12.7 Å². The van der Waals surface area contributed by atoms with Crippen LogP contribution < -0.4 is 0 Å². The van der Waals surface area contributed by atoms with E-state index in [0.717, 1.165) is 6.04 Å². The lowest BCUT2D eigenvalue weighted by Crippen LogP contribution is -2.44. The quantitative estimate of drug-likeness (QED) is 0.268. The molecule has 0 radical (unpaired) electrons. The second-order valence-electron chi connectivity index (χ2n) is 6.70. The third-order valence-electron chi connectivity index (χ3n) is 4.60. The summed E-state index contributed by atoms with van der Waals surface area (Å²) < 4.78 is 16.0. The number of rotatable bonds is 15. The molecule has 0 saturated heterocycles. The van der Waals surface area contributed by atoms with Crippen LogP contribution in [0.1, 0.15) is 27.7 Å². The summed E-state index contributed by atoms with van der Waals surface area (Å²) in [7, 11) is -1.44. The smallest absolute Gasteiger partial charge is 0.0839 e. The number of hydrogen-bond donors (Lipinski definition) is 2. The first kappa shape index (κ1) is 22.8. The van der Waals surface area contributed by atoms with Crippen LogP contribution in [0.5, 0.6) is 0 Å². The van der Waals surface area contributed by atoms with Crippen LogP contribution in [0.25, 0.3) is 0 Å². The Kier molecular flexibility index (Phi) is 13.0. The van der Waals surface area contributed by atoms with Crippen LogP contribution in [0.3, 0.4) is 0 Å². The molecule has 0 aromatic carbocycles. The summed E-state index contributed by atoms with van der Waals surface area (Å²) in [6.45, 7) is 15.4. The van der Waals surface area contributed by atoms with Crippen molar-refractivity contribution in [1.29, 1.82) is 0 Å². The molecule has 2 N–H and O–H groups in total. The van der Waals surface area contributed by atoms with Crippen LogP contribution in [-0.4, -0.2) is 71.0 Å². The van der Waals surface area contributed by atoms with Gasteiger partial charge < -0.3 is 24.4 Å². The monoisotopic (exact) mass is 348 g/mol. The first-order valence-corrected chi connectivity index (χ1v) is 10.6. The summed E-state index contributed by atoms with van der Waals surface area (Å²) in [5, 5.41) is 19.2. The van der Waals surface area contributed by atoms with Gasteiger partial charge in [0.05, 0.1) is 60.8 Å². The van der Waals surface area contributed by atoms with Crippen LogP contribution in [0.4, 0.5) is 0 Å². The van der Waals surface area contributed by atoms with E-state index in [2.05, 4.69) is 34.3 Å². The molecule has 6 heteroatoms. The lowest BCUT2D eigenvalue weighted by Gasteiger charge is -2.39. The van der Waals surface area contributed by atoms with E-state index in [-0.39, 0.29) is 17.4 Å². The second kappa shape index (κ2) is 13.1. The number of hydrogen-bond acceptors (Lipinski definition) is 5. The average molecular weight is 349 g/mol. The van der Waals surface area contributed by atoms with E-state index in [9.17, 15) is 5.11 Å². The third kappa shape index (κ3) is 9.59. The minimum atomic E-state index is -1.44. The van der Waals surface area contributed by atoms with Crippen LogP contribution >= 0.6 is 0 Å². The van der Waals surface area contributed by atoms with Gasteiger partial charge in [-0.1, -0.05) is 33.8 Å². The molecule has 138 valence electrons. The predicted octanol–water partition coefficient (Wildman–Crippen LogP) is 1.78. The molecule has 0 aromatic rings. The highest BCUT2D eigenvalue weighted by atomic mass is 28.3. The normalized spacial score (nSPS) is 14.9. The maximum Gasteiger partial charge on any atom is 0.0839 e. The lowest BCUT2D eigenvalue weighted by atomic mass is 9.99. The Labute approximate surface area is 143 Å². The van der Waals surface area contributed by atoms with Crippen molar-refractivity contribution < 1.29 is 24.4 Å². The van der Waals surface area contributed by atoms with Gasteiger partial charge in [0.25, 0.3) is 0 Å². The molecule has 0 aliphatic rings. The van der Waals surface area contributed by atoms with E-state index in [0.29, 0.717) is 45.6 Å². The fourth-order valence-electron chi connectivity index (χ4n) is 2.39. The maximum atomic E-state index is 10.5. The van der Waals surface area contributed by atoms with Gasteiger partial charge in [-0.15, -0.1) is 6.58 Å². The molecule has 2 atom stereocenters. The Balaban J connectivity index is 3.96. The SMILES string of the molecule is C=CC[SiH](C(O)COCCOCCOCCO)C(C)(C)C(C)C. The molecule has 23 heavy (non-hydrogen) atoms. The Hall–Kier alpha value is -0.243. The number of aliphatic hydroxyl groups is 2. The van der Waals surface area contributed by atoms with Gasteiger partial charge in [0.1, 0.15) is 0 Å². The highest BCUT2D eigenvalue weighted by Gasteiger charge is 2.37. The fraction of sp³-hybridized carbons (Fsp3) is 0.882. The molecular formula is C17H36O5Si. The molecule has 0 aliphatic heterocycles. The van der Waals surface area contributed by atoms with Gasteiger partial charge in [-0.05, 0) is 17.0 Å². The van der Waals surface area contributed by atoms with E-state index in [1.165, 1.54) is 0 Å².